The molecule has 26 heavy (non-hydrogen) atoms. The van der Waals surface area contributed by atoms with Gasteiger partial charge in [-0.3, -0.25) is 0 Å². The summed E-state index contributed by atoms with van der Waals surface area (Å²) in [5.74, 6) is 0.382. The molecule has 0 atom stereocenters. The highest BCUT2D eigenvalue weighted by atomic mass is 32.2. The minimum atomic E-state index is -4.32. The molecule has 1 aromatic rings. The van der Waals surface area contributed by atoms with E-state index in [1.165, 1.54) is 12.1 Å². The van der Waals surface area contributed by atoms with Crippen molar-refractivity contribution in [2.24, 2.45) is 5.92 Å². The Bertz CT molecular complexity index is 687. The standard InChI is InChI=1S/C18H27F3N2O2S/c1-17(2,3)26(24,25)23-16-8-4-13(5-9-16)12-22-15-10-6-14(7-11-15)18(19,20)21/h6-7,10-11,13,16,22-23H,4-5,8-9,12H2,1-3H3/t13-,16-. The average molecular weight is 392 g/mol. The molecule has 0 unspecified atom stereocenters. The van der Waals surface area contributed by atoms with Gasteiger partial charge < -0.3 is 5.32 Å². The lowest BCUT2D eigenvalue weighted by Gasteiger charge is -2.31. The first-order valence-electron chi connectivity index (χ1n) is 8.81. The molecular weight excluding hydrogens is 365 g/mol. The van der Waals surface area contributed by atoms with Gasteiger partial charge in [0, 0.05) is 18.3 Å². The largest absolute Gasteiger partial charge is 0.416 e. The highest BCUT2D eigenvalue weighted by Crippen LogP contribution is 2.30. The maximum Gasteiger partial charge on any atom is 0.416 e. The quantitative estimate of drug-likeness (QED) is 0.781. The summed E-state index contributed by atoms with van der Waals surface area (Å²) in [6.07, 6.45) is -1.02. The number of nitrogens with one attached hydrogen (secondary N) is 2. The predicted octanol–water partition coefficient (Wildman–Crippen LogP) is 4.39. The minimum Gasteiger partial charge on any atom is -0.385 e. The van der Waals surface area contributed by atoms with E-state index in [0.717, 1.165) is 37.8 Å². The molecule has 0 bridgehead atoms. The van der Waals surface area contributed by atoms with Crippen LogP contribution in [0.5, 0.6) is 0 Å². The molecule has 148 valence electrons. The molecule has 1 aliphatic carbocycles. The van der Waals surface area contributed by atoms with E-state index in [0.29, 0.717) is 18.2 Å². The Morgan fingerprint density at radius 1 is 1.00 bits per heavy atom. The fraction of sp³-hybridized carbons (Fsp3) is 0.667. The zero-order chi connectivity index (χ0) is 19.6. The van der Waals surface area contributed by atoms with Gasteiger partial charge in [-0.25, -0.2) is 13.1 Å². The summed E-state index contributed by atoms with van der Waals surface area (Å²) >= 11 is 0. The Morgan fingerprint density at radius 2 is 1.54 bits per heavy atom. The van der Waals surface area contributed by atoms with Crippen molar-refractivity contribution in [1.82, 2.24) is 4.72 Å². The summed E-state index contributed by atoms with van der Waals surface area (Å²) in [5.41, 5.74) is 0.00301. The normalized spacial score (nSPS) is 22.2. The monoisotopic (exact) mass is 392 g/mol. The second-order valence-electron chi connectivity index (χ2n) is 7.91. The van der Waals surface area contributed by atoms with Crippen LogP contribution >= 0.6 is 0 Å². The van der Waals surface area contributed by atoms with Gasteiger partial charge in [0.25, 0.3) is 0 Å². The van der Waals surface area contributed by atoms with E-state index >= 15 is 0 Å². The minimum absolute atomic E-state index is 0.0402. The van der Waals surface area contributed by atoms with Crippen LogP contribution < -0.4 is 10.0 Å². The Kier molecular flexibility index (Phi) is 6.28. The molecule has 2 rings (SSSR count). The molecule has 1 aliphatic rings. The number of hydrogen-bond donors (Lipinski definition) is 2. The fourth-order valence-corrected chi connectivity index (χ4v) is 3.95. The van der Waals surface area contributed by atoms with Gasteiger partial charge in [-0.2, -0.15) is 13.2 Å². The molecule has 1 aromatic carbocycles. The van der Waals surface area contributed by atoms with Crippen molar-refractivity contribution in [3.05, 3.63) is 29.8 Å². The average Bonchev–Trinajstić information content (AvgIpc) is 2.52. The predicted molar refractivity (Wildman–Crippen MR) is 97.5 cm³/mol. The van der Waals surface area contributed by atoms with E-state index in [9.17, 15) is 21.6 Å². The van der Waals surface area contributed by atoms with Gasteiger partial charge >= 0.3 is 6.18 Å². The highest BCUT2D eigenvalue weighted by Gasteiger charge is 2.33. The van der Waals surface area contributed by atoms with Gasteiger partial charge in [0.2, 0.25) is 10.0 Å². The molecule has 0 heterocycles. The molecule has 0 saturated heterocycles. The van der Waals surface area contributed by atoms with Crippen LogP contribution in [0.15, 0.2) is 24.3 Å². The van der Waals surface area contributed by atoms with Crippen LogP contribution in [0.4, 0.5) is 18.9 Å². The lowest BCUT2D eigenvalue weighted by Crippen LogP contribution is -2.46. The van der Waals surface area contributed by atoms with Crippen molar-refractivity contribution in [3.63, 3.8) is 0 Å². The third kappa shape index (κ3) is 5.61. The maximum atomic E-state index is 12.6. The van der Waals surface area contributed by atoms with Crippen molar-refractivity contribution in [1.29, 1.82) is 0 Å². The summed E-state index contributed by atoms with van der Waals surface area (Å²) in [5, 5.41) is 3.17. The maximum absolute atomic E-state index is 12.6. The topological polar surface area (TPSA) is 58.2 Å². The van der Waals surface area contributed by atoms with E-state index in [4.69, 9.17) is 0 Å². The number of sulfonamides is 1. The third-order valence-corrected chi connectivity index (χ3v) is 7.04. The molecule has 8 heteroatoms. The Morgan fingerprint density at radius 3 is 2.00 bits per heavy atom. The molecule has 0 amide bonds. The lowest BCUT2D eigenvalue weighted by atomic mass is 9.86. The van der Waals surface area contributed by atoms with Crippen LogP contribution in [-0.2, 0) is 16.2 Å². The molecule has 0 spiro atoms. The molecule has 0 aliphatic heterocycles. The van der Waals surface area contributed by atoms with Crippen molar-refractivity contribution < 1.29 is 21.6 Å². The van der Waals surface area contributed by atoms with E-state index in [1.807, 2.05) is 0 Å². The van der Waals surface area contributed by atoms with Gasteiger partial charge in [0.05, 0.1) is 10.3 Å². The van der Waals surface area contributed by atoms with Crippen LogP contribution in [0.1, 0.15) is 52.0 Å². The Balaban J connectivity index is 1.79. The van der Waals surface area contributed by atoms with Crippen molar-refractivity contribution in [3.8, 4) is 0 Å². The number of hydrogen-bond acceptors (Lipinski definition) is 3. The highest BCUT2D eigenvalue weighted by molar-refractivity contribution is 7.90. The van der Waals surface area contributed by atoms with E-state index < -0.39 is 26.5 Å². The zero-order valence-electron chi connectivity index (χ0n) is 15.4. The summed E-state index contributed by atoms with van der Waals surface area (Å²) in [6, 6.07) is 4.97. The number of benzene rings is 1. The van der Waals surface area contributed by atoms with Gasteiger partial charge in [-0.15, -0.1) is 0 Å². The lowest BCUT2D eigenvalue weighted by molar-refractivity contribution is -0.137. The van der Waals surface area contributed by atoms with Gasteiger partial charge in [0.1, 0.15) is 0 Å². The first-order valence-corrected chi connectivity index (χ1v) is 10.3. The van der Waals surface area contributed by atoms with Crippen LogP contribution in [0, 0.1) is 5.92 Å². The molecule has 0 aromatic heterocycles. The molecule has 2 N–H and O–H groups in total. The Hall–Kier alpha value is -1.28. The SMILES string of the molecule is CC(C)(C)S(=O)(=O)N[C@H]1CC[C@H](CNc2ccc(C(F)(F)F)cc2)CC1. The van der Waals surface area contributed by atoms with E-state index in [1.54, 1.807) is 20.8 Å². The first kappa shape index (κ1) is 21.0. The smallest absolute Gasteiger partial charge is 0.385 e. The van der Waals surface area contributed by atoms with Crippen LogP contribution in [0.25, 0.3) is 0 Å². The van der Waals surface area contributed by atoms with Crippen molar-refractivity contribution >= 4 is 15.7 Å². The van der Waals surface area contributed by atoms with Crippen LogP contribution in [0.2, 0.25) is 0 Å². The van der Waals surface area contributed by atoms with E-state index in [2.05, 4.69) is 10.0 Å². The summed E-state index contributed by atoms with van der Waals surface area (Å²) in [6.45, 7) is 5.70. The van der Waals surface area contributed by atoms with Crippen molar-refractivity contribution in [2.45, 2.75) is 63.4 Å². The Labute approximate surface area is 153 Å². The number of rotatable bonds is 5. The third-order valence-electron chi connectivity index (χ3n) is 4.78. The van der Waals surface area contributed by atoms with Gasteiger partial charge in [-0.05, 0) is 76.6 Å². The zero-order valence-corrected chi connectivity index (χ0v) is 16.2. The summed E-state index contributed by atoms with van der Waals surface area (Å²) in [7, 11) is -3.34. The molecular formula is C18H27F3N2O2S. The first-order chi connectivity index (χ1) is 11.9. The molecule has 0 radical (unpaired) electrons. The second-order valence-corrected chi connectivity index (χ2v) is 10.4. The number of anilines is 1. The van der Waals surface area contributed by atoms with Gasteiger partial charge in [0.15, 0.2) is 0 Å². The summed E-state index contributed by atoms with van der Waals surface area (Å²) in [4.78, 5) is 0. The summed E-state index contributed by atoms with van der Waals surface area (Å²) < 4.78 is 64.0. The molecule has 1 saturated carbocycles. The molecule has 1 fully saturated rings. The van der Waals surface area contributed by atoms with E-state index in [-0.39, 0.29) is 6.04 Å². The van der Waals surface area contributed by atoms with Gasteiger partial charge in [-0.1, -0.05) is 0 Å². The molecule has 4 nitrogen and oxygen atoms in total. The second kappa shape index (κ2) is 7.76. The van der Waals surface area contributed by atoms with Crippen LogP contribution in [-0.4, -0.2) is 25.8 Å². The number of alkyl halides is 3. The van der Waals surface area contributed by atoms with Crippen LogP contribution in [0.3, 0.4) is 0 Å². The fourth-order valence-electron chi connectivity index (χ4n) is 2.92. The van der Waals surface area contributed by atoms with Crippen molar-refractivity contribution in [2.75, 3.05) is 11.9 Å². The number of halogens is 3.